The van der Waals surface area contributed by atoms with Crippen molar-refractivity contribution in [2.45, 2.75) is 101 Å². The van der Waals surface area contributed by atoms with Crippen LogP contribution in [0.15, 0.2) is 30.5 Å². The van der Waals surface area contributed by atoms with E-state index in [4.69, 9.17) is 4.98 Å². The number of benzene rings is 1. The van der Waals surface area contributed by atoms with Gasteiger partial charge in [-0.25, -0.2) is 4.98 Å². The third-order valence-electron chi connectivity index (χ3n) is 8.36. The highest BCUT2D eigenvalue weighted by atomic mass is 19.4. The average Bonchev–Trinajstić information content (AvgIpc) is 2.91. The SMILES string of the molecule is O[C@H]1CC[C@H](Nc2nc(Nc3cccc(C(F)(F)F)c3)ncc2C2CCN(C3CCCCC3)CC2)CC1. The summed E-state index contributed by atoms with van der Waals surface area (Å²) in [7, 11) is 0. The fourth-order valence-corrected chi connectivity index (χ4v) is 6.20. The van der Waals surface area contributed by atoms with E-state index in [1.807, 2.05) is 6.20 Å². The van der Waals surface area contributed by atoms with Gasteiger partial charge in [0, 0.05) is 29.5 Å². The maximum Gasteiger partial charge on any atom is 0.416 e. The molecule has 2 saturated carbocycles. The quantitative estimate of drug-likeness (QED) is 0.408. The summed E-state index contributed by atoms with van der Waals surface area (Å²) in [5.74, 6) is 1.39. The molecule has 0 unspecified atom stereocenters. The summed E-state index contributed by atoms with van der Waals surface area (Å²) in [6.45, 7) is 2.16. The lowest BCUT2D eigenvalue weighted by Gasteiger charge is -2.39. The topological polar surface area (TPSA) is 73.3 Å². The molecule has 6 nitrogen and oxygen atoms in total. The normalized spacial score (nSPS) is 24.6. The molecule has 9 heteroatoms. The molecule has 0 radical (unpaired) electrons. The van der Waals surface area contributed by atoms with E-state index in [-0.39, 0.29) is 18.1 Å². The lowest BCUT2D eigenvalue weighted by Crippen LogP contribution is -2.42. The summed E-state index contributed by atoms with van der Waals surface area (Å²) in [5.41, 5.74) is 0.678. The summed E-state index contributed by atoms with van der Waals surface area (Å²) >= 11 is 0. The molecule has 1 aliphatic heterocycles. The number of aliphatic hydroxyl groups is 1. The van der Waals surface area contributed by atoms with Crippen molar-refractivity contribution in [1.29, 1.82) is 0 Å². The standard InChI is InChI=1S/C28H38F3N5O/c29-28(30,31)20-5-4-6-22(17-20)34-27-32-18-25(26(35-27)33-21-9-11-24(37)12-10-21)19-13-15-36(16-14-19)23-7-2-1-3-8-23/h4-6,17-19,21,23-24,37H,1-3,7-16H2,(H2,32,33,34,35)/t21-,24-. The smallest absolute Gasteiger partial charge is 0.393 e. The number of hydrogen-bond acceptors (Lipinski definition) is 6. The minimum atomic E-state index is -4.41. The Bertz CT molecular complexity index is 1030. The Kier molecular flexibility index (Phi) is 8.19. The molecule has 0 atom stereocenters. The zero-order valence-corrected chi connectivity index (χ0v) is 21.3. The number of piperidine rings is 1. The fourth-order valence-electron chi connectivity index (χ4n) is 6.20. The summed E-state index contributed by atoms with van der Waals surface area (Å²) in [4.78, 5) is 11.9. The van der Waals surface area contributed by atoms with E-state index in [0.717, 1.165) is 81.2 Å². The van der Waals surface area contributed by atoms with Gasteiger partial charge < -0.3 is 20.6 Å². The van der Waals surface area contributed by atoms with Crippen LogP contribution in [-0.2, 0) is 6.18 Å². The van der Waals surface area contributed by atoms with E-state index >= 15 is 0 Å². The van der Waals surface area contributed by atoms with E-state index in [1.54, 1.807) is 6.07 Å². The highest BCUT2D eigenvalue weighted by Crippen LogP contribution is 2.36. The fraction of sp³-hybridized carbons (Fsp3) is 0.643. The van der Waals surface area contributed by atoms with Gasteiger partial charge in [0.1, 0.15) is 5.82 Å². The van der Waals surface area contributed by atoms with Crippen molar-refractivity contribution >= 4 is 17.5 Å². The van der Waals surface area contributed by atoms with E-state index in [1.165, 1.54) is 38.2 Å². The number of aromatic nitrogens is 2. The number of likely N-dealkylation sites (tertiary alicyclic amines) is 1. The van der Waals surface area contributed by atoms with Crippen LogP contribution in [0.5, 0.6) is 0 Å². The van der Waals surface area contributed by atoms with Crippen molar-refractivity contribution in [2.75, 3.05) is 23.7 Å². The molecule has 1 aromatic carbocycles. The first-order valence-corrected chi connectivity index (χ1v) is 13.8. The summed E-state index contributed by atoms with van der Waals surface area (Å²) in [6, 6.07) is 6.03. The molecule has 0 amide bonds. The van der Waals surface area contributed by atoms with Crippen molar-refractivity contribution in [3.63, 3.8) is 0 Å². The molecule has 0 spiro atoms. The second-order valence-corrected chi connectivity index (χ2v) is 11.0. The number of nitrogens with one attached hydrogen (secondary N) is 2. The molecular weight excluding hydrogens is 479 g/mol. The molecule has 202 valence electrons. The second-order valence-electron chi connectivity index (χ2n) is 11.0. The van der Waals surface area contributed by atoms with E-state index < -0.39 is 11.7 Å². The van der Waals surface area contributed by atoms with Crippen molar-refractivity contribution in [3.8, 4) is 0 Å². The maximum atomic E-state index is 13.2. The maximum absolute atomic E-state index is 13.2. The van der Waals surface area contributed by atoms with Crippen LogP contribution in [-0.4, -0.2) is 51.3 Å². The minimum Gasteiger partial charge on any atom is -0.393 e. The Morgan fingerprint density at radius 2 is 1.65 bits per heavy atom. The Labute approximate surface area is 217 Å². The van der Waals surface area contributed by atoms with Gasteiger partial charge in [-0.15, -0.1) is 0 Å². The lowest BCUT2D eigenvalue weighted by atomic mass is 9.87. The van der Waals surface area contributed by atoms with Gasteiger partial charge in [0.15, 0.2) is 0 Å². The Morgan fingerprint density at radius 3 is 2.35 bits per heavy atom. The number of rotatable bonds is 6. The molecule has 3 N–H and O–H groups in total. The summed E-state index contributed by atoms with van der Waals surface area (Å²) in [6.07, 6.45) is 9.19. The van der Waals surface area contributed by atoms with Crippen LogP contribution in [0.3, 0.4) is 0 Å². The van der Waals surface area contributed by atoms with Gasteiger partial charge in [0.2, 0.25) is 5.95 Å². The molecule has 1 saturated heterocycles. The predicted octanol–water partition coefficient (Wildman–Crippen LogP) is 6.47. The van der Waals surface area contributed by atoms with Crippen LogP contribution >= 0.6 is 0 Å². The van der Waals surface area contributed by atoms with Crippen LogP contribution < -0.4 is 10.6 Å². The first-order valence-electron chi connectivity index (χ1n) is 13.8. The Morgan fingerprint density at radius 1 is 0.919 bits per heavy atom. The first kappa shape index (κ1) is 26.2. The largest absolute Gasteiger partial charge is 0.416 e. The van der Waals surface area contributed by atoms with Crippen molar-refractivity contribution in [2.24, 2.45) is 0 Å². The number of alkyl halides is 3. The van der Waals surface area contributed by atoms with Crippen LogP contribution in [0, 0.1) is 0 Å². The third kappa shape index (κ3) is 6.74. The van der Waals surface area contributed by atoms with E-state index in [0.29, 0.717) is 11.6 Å². The summed E-state index contributed by atoms with van der Waals surface area (Å²) < 4.78 is 39.5. The van der Waals surface area contributed by atoms with Gasteiger partial charge in [0.05, 0.1) is 11.7 Å². The van der Waals surface area contributed by atoms with Gasteiger partial charge in [-0.3, -0.25) is 0 Å². The zero-order chi connectivity index (χ0) is 25.8. The number of halogens is 3. The highest BCUT2D eigenvalue weighted by Gasteiger charge is 2.31. The molecule has 2 heterocycles. The monoisotopic (exact) mass is 517 g/mol. The van der Waals surface area contributed by atoms with Crippen LogP contribution in [0.1, 0.15) is 87.7 Å². The molecule has 5 rings (SSSR count). The van der Waals surface area contributed by atoms with Gasteiger partial charge in [-0.1, -0.05) is 25.3 Å². The van der Waals surface area contributed by atoms with E-state index in [9.17, 15) is 18.3 Å². The summed E-state index contributed by atoms with van der Waals surface area (Å²) in [5, 5.41) is 16.5. The molecule has 2 aliphatic carbocycles. The average molecular weight is 518 g/mol. The Balaban J connectivity index is 1.33. The minimum absolute atomic E-state index is 0.209. The molecule has 37 heavy (non-hydrogen) atoms. The zero-order valence-electron chi connectivity index (χ0n) is 21.3. The van der Waals surface area contributed by atoms with Crippen LogP contribution in [0.25, 0.3) is 0 Å². The number of hydrogen-bond donors (Lipinski definition) is 3. The van der Waals surface area contributed by atoms with Crippen LogP contribution in [0.2, 0.25) is 0 Å². The van der Waals surface area contributed by atoms with Crippen molar-refractivity contribution in [1.82, 2.24) is 14.9 Å². The second kappa shape index (κ2) is 11.6. The van der Waals surface area contributed by atoms with E-state index in [2.05, 4.69) is 20.5 Å². The molecular formula is C28H38F3N5O. The highest BCUT2D eigenvalue weighted by molar-refractivity contribution is 5.58. The van der Waals surface area contributed by atoms with Gasteiger partial charge >= 0.3 is 6.18 Å². The molecule has 3 fully saturated rings. The predicted molar refractivity (Wildman–Crippen MR) is 139 cm³/mol. The lowest BCUT2D eigenvalue weighted by molar-refractivity contribution is -0.137. The molecule has 3 aliphatic rings. The van der Waals surface area contributed by atoms with Crippen molar-refractivity contribution in [3.05, 3.63) is 41.6 Å². The van der Waals surface area contributed by atoms with Crippen LogP contribution in [0.4, 0.5) is 30.6 Å². The van der Waals surface area contributed by atoms with Gasteiger partial charge in [-0.05, 0) is 88.6 Å². The third-order valence-corrected chi connectivity index (χ3v) is 8.36. The van der Waals surface area contributed by atoms with Gasteiger partial charge in [-0.2, -0.15) is 18.2 Å². The van der Waals surface area contributed by atoms with Crippen molar-refractivity contribution < 1.29 is 18.3 Å². The molecule has 0 bridgehead atoms. The molecule has 2 aromatic rings. The number of anilines is 3. The number of nitrogens with zero attached hydrogens (tertiary/aromatic N) is 3. The molecule has 1 aromatic heterocycles. The number of aliphatic hydroxyl groups excluding tert-OH is 1. The van der Waals surface area contributed by atoms with Gasteiger partial charge in [0.25, 0.3) is 0 Å². The Hall–Kier alpha value is -2.39. The first-order chi connectivity index (χ1) is 17.8.